The molecule has 4 heteroatoms. The third kappa shape index (κ3) is 4.36. The van der Waals surface area contributed by atoms with Gasteiger partial charge in [-0.3, -0.25) is 9.69 Å². The quantitative estimate of drug-likeness (QED) is 0.895. The van der Waals surface area contributed by atoms with E-state index >= 15 is 0 Å². The second-order valence-corrected chi connectivity index (χ2v) is 5.49. The van der Waals surface area contributed by atoms with Gasteiger partial charge in [-0.2, -0.15) is 5.26 Å². The Morgan fingerprint density at radius 1 is 1.50 bits per heavy atom. The van der Waals surface area contributed by atoms with Crippen molar-refractivity contribution in [3.05, 3.63) is 35.4 Å². The number of benzene rings is 1. The minimum absolute atomic E-state index is 0.266. The number of likely N-dealkylation sites (tertiary alicyclic amines) is 1. The lowest BCUT2D eigenvalue weighted by atomic mass is 9.93. The molecule has 2 rings (SSSR count). The molecule has 0 amide bonds. The molecule has 20 heavy (non-hydrogen) atoms. The summed E-state index contributed by atoms with van der Waals surface area (Å²) in [4.78, 5) is 13.0. The van der Waals surface area contributed by atoms with Crippen LogP contribution in [-0.2, 0) is 11.3 Å². The van der Waals surface area contributed by atoms with Gasteiger partial charge in [-0.25, -0.2) is 0 Å². The van der Waals surface area contributed by atoms with Crippen LogP contribution in [0.1, 0.15) is 36.8 Å². The highest BCUT2D eigenvalue weighted by molar-refractivity contribution is 5.66. The molecule has 106 valence electrons. The number of carboxylic acid groups (broad SMARTS) is 1. The van der Waals surface area contributed by atoms with Crippen molar-refractivity contribution in [2.75, 3.05) is 13.1 Å². The summed E-state index contributed by atoms with van der Waals surface area (Å²) in [5, 5.41) is 17.7. The average molecular weight is 272 g/mol. The predicted molar refractivity (Wildman–Crippen MR) is 76.0 cm³/mol. The fourth-order valence-electron chi connectivity index (χ4n) is 2.86. The molecule has 1 fully saturated rings. The fraction of sp³-hybridized carbons (Fsp3) is 0.500. The Bertz CT molecular complexity index is 507. The number of hydrogen-bond acceptors (Lipinski definition) is 3. The smallest absolute Gasteiger partial charge is 0.303 e. The summed E-state index contributed by atoms with van der Waals surface area (Å²) in [5.41, 5.74) is 1.85. The Morgan fingerprint density at radius 3 is 3.10 bits per heavy atom. The first kappa shape index (κ1) is 14.5. The topological polar surface area (TPSA) is 64.3 Å². The second kappa shape index (κ2) is 7.06. The van der Waals surface area contributed by atoms with Crippen LogP contribution in [0.2, 0.25) is 0 Å². The molecule has 4 nitrogen and oxygen atoms in total. The van der Waals surface area contributed by atoms with Crippen molar-refractivity contribution >= 4 is 5.97 Å². The van der Waals surface area contributed by atoms with E-state index in [1.54, 1.807) is 0 Å². The minimum Gasteiger partial charge on any atom is -0.481 e. The van der Waals surface area contributed by atoms with Crippen LogP contribution in [0.4, 0.5) is 0 Å². The molecule has 1 N–H and O–H groups in total. The number of nitriles is 1. The number of rotatable bonds is 5. The Balaban J connectivity index is 1.89. The third-order valence-electron chi connectivity index (χ3n) is 3.83. The summed E-state index contributed by atoms with van der Waals surface area (Å²) in [5.74, 6) is -0.220. The fourth-order valence-corrected chi connectivity index (χ4v) is 2.86. The largest absolute Gasteiger partial charge is 0.481 e. The highest BCUT2D eigenvalue weighted by Crippen LogP contribution is 2.22. The first-order chi connectivity index (χ1) is 9.67. The lowest BCUT2D eigenvalue weighted by Gasteiger charge is -2.32. The van der Waals surface area contributed by atoms with Gasteiger partial charge in [0.25, 0.3) is 0 Å². The van der Waals surface area contributed by atoms with Gasteiger partial charge in [0, 0.05) is 19.5 Å². The SMILES string of the molecule is N#Cc1cccc(CN2CCCC(CCC(=O)O)C2)c1. The summed E-state index contributed by atoms with van der Waals surface area (Å²) >= 11 is 0. The zero-order valence-electron chi connectivity index (χ0n) is 11.6. The molecule has 1 aliphatic heterocycles. The molecule has 0 aromatic heterocycles. The lowest BCUT2D eigenvalue weighted by Crippen LogP contribution is -2.35. The third-order valence-corrected chi connectivity index (χ3v) is 3.83. The molecular weight excluding hydrogens is 252 g/mol. The number of aliphatic carboxylic acids is 1. The monoisotopic (exact) mass is 272 g/mol. The van der Waals surface area contributed by atoms with Crippen molar-refractivity contribution in [1.29, 1.82) is 5.26 Å². The van der Waals surface area contributed by atoms with E-state index in [-0.39, 0.29) is 6.42 Å². The van der Waals surface area contributed by atoms with Crippen molar-refractivity contribution < 1.29 is 9.90 Å². The molecule has 0 bridgehead atoms. The zero-order chi connectivity index (χ0) is 14.4. The molecule has 1 saturated heterocycles. The van der Waals surface area contributed by atoms with Crippen molar-refractivity contribution in [3.63, 3.8) is 0 Å². The van der Waals surface area contributed by atoms with Gasteiger partial charge in [0.2, 0.25) is 0 Å². The molecular formula is C16H20N2O2. The van der Waals surface area contributed by atoms with Gasteiger partial charge in [0.05, 0.1) is 11.6 Å². The Kier molecular flexibility index (Phi) is 5.14. The van der Waals surface area contributed by atoms with Gasteiger partial charge in [-0.05, 0) is 49.4 Å². The number of carboxylic acids is 1. The van der Waals surface area contributed by atoms with Crippen LogP contribution in [0.15, 0.2) is 24.3 Å². The maximum absolute atomic E-state index is 10.6. The number of piperidine rings is 1. The summed E-state index contributed by atoms with van der Waals surface area (Å²) in [7, 11) is 0. The van der Waals surface area contributed by atoms with E-state index in [2.05, 4.69) is 11.0 Å². The van der Waals surface area contributed by atoms with Crippen molar-refractivity contribution in [2.24, 2.45) is 5.92 Å². The van der Waals surface area contributed by atoms with Crippen LogP contribution < -0.4 is 0 Å². The van der Waals surface area contributed by atoms with Crippen LogP contribution in [0, 0.1) is 17.2 Å². The maximum atomic E-state index is 10.6. The van der Waals surface area contributed by atoms with E-state index in [1.165, 1.54) is 0 Å². The maximum Gasteiger partial charge on any atom is 0.303 e. The Morgan fingerprint density at radius 2 is 2.35 bits per heavy atom. The van der Waals surface area contributed by atoms with E-state index in [1.807, 2.05) is 24.3 Å². The molecule has 1 aromatic carbocycles. The van der Waals surface area contributed by atoms with Crippen LogP contribution >= 0.6 is 0 Å². The summed E-state index contributed by atoms with van der Waals surface area (Å²) < 4.78 is 0. The van der Waals surface area contributed by atoms with Gasteiger partial charge in [0.1, 0.15) is 0 Å². The van der Waals surface area contributed by atoms with Crippen molar-refractivity contribution in [1.82, 2.24) is 4.90 Å². The average Bonchev–Trinajstić information content (AvgIpc) is 2.46. The van der Waals surface area contributed by atoms with Crippen molar-refractivity contribution in [2.45, 2.75) is 32.2 Å². The van der Waals surface area contributed by atoms with E-state index in [0.29, 0.717) is 11.5 Å². The number of nitrogens with zero attached hydrogens (tertiary/aromatic N) is 2. The van der Waals surface area contributed by atoms with Crippen LogP contribution in [0.5, 0.6) is 0 Å². The van der Waals surface area contributed by atoms with Gasteiger partial charge in [-0.15, -0.1) is 0 Å². The summed E-state index contributed by atoms with van der Waals surface area (Å²) in [6.45, 7) is 2.86. The molecule has 1 aromatic rings. The highest BCUT2D eigenvalue weighted by Gasteiger charge is 2.20. The molecule has 1 unspecified atom stereocenters. The lowest BCUT2D eigenvalue weighted by molar-refractivity contribution is -0.137. The van der Waals surface area contributed by atoms with Gasteiger partial charge in [0.15, 0.2) is 0 Å². The normalized spacial score (nSPS) is 19.4. The zero-order valence-corrected chi connectivity index (χ0v) is 11.6. The number of hydrogen-bond donors (Lipinski definition) is 1. The summed E-state index contributed by atoms with van der Waals surface area (Å²) in [6, 6.07) is 9.87. The minimum atomic E-state index is -0.705. The van der Waals surface area contributed by atoms with E-state index < -0.39 is 5.97 Å². The Labute approximate surface area is 119 Å². The van der Waals surface area contributed by atoms with E-state index in [4.69, 9.17) is 10.4 Å². The highest BCUT2D eigenvalue weighted by atomic mass is 16.4. The molecule has 0 saturated carbocycles. The summed E-state index contributed by atoms with van der Waals surface area (Å²) in [6.07, 6.45) is 3.29. The molecule has 0 spiro atoms. The van der Waals surface area contributed by atoms with Gasteiger partial charge in [-0.1, -0.05) is 12.1 Å². The van der Waals surface area contributed by atoms with E-state index in [9.17, 15) is 4.79 Å². The van der Waals surface area contributed by atoms with Crippen LogP contribution in [0.3, 0.4) is 0 Å². The van der Waals surface area contributed by atoms with Gasteiger partial charge < -0.3 is 5.11 Å². The molecule has 1 aliphatic rings. The van der Waals surface area contributed by atoms with E-state index in [0.717, 1.165) is 44.5 Å². The van der Waals surface area contributed by atoms with Crippen LogP contribution in [0.25, 0.3) is 0 Å². The first-order valence-corrected chi connectivity index (χ1v) is 7.10. The van der Waals surface area contributed by atoms with Gasteiger partial charge >= 0.3 is 5.97 Å². The molecule has 1 heterocycles. The molecule has 0 radical (unpaired) electrons. The number of carbonyl (C=O) groups is 1. The Hall–Kier alpha value is -1.86. The second-order valence-electron chi connectivity index (χ2n) is 5.49. The standard InChI is InChI=1S/C16H20N2O2/c17-10-14-3-1-4-15(9-14)12-18-8-2-5-13(11-18)6-7-16(19)20/h1,3-4,9,13H,2,5-8,11-12H2,(H,19,20). The molecule has 0 aliphatic carbocycles. The molecule has 1 atom stereocenters. The van der Waals surface area contributed by atoms with Crippen LogP contribution in [-0.4, -0.2) is 29.1 Å². The predicted octanol–water partition coefficient (Wildman–Crippen LogP) is 2.64. The van der Waals surface area contributed by atoms with Crippen molar-refractivity contribution in [3.8, 4) is 6.07 Å². The first-order valence-electron chi connectivity index (χ1n) is 7.10.